The molecule has 2 aliphatic rings. The maximum absolute atomic E-state index is 2.50. The molecule has 2 aliphatic carbocycles. The van der Waals surface area contributed by atoms with Gasteiger partial charge < -0.3 is 4.90 Å². The summed E-state index contributed by atoms with van der Waals surface area (Å²) in [6.07, 6.45) is 0. The minimum atomic E-state index is -0.443. The van der Waals surface area contributed by atoms with Crippen molar-refractivity contribution in [2.75, 3.05) is 4.90 Å². The van der Waals surface area contributed by atoms with E-state index in [4.69, 9.17) is 0 Å². The zero-order chi connectivity index (χ0) is 43.8. The van der Waals surface area contributed by atoms with Crippen molar-refractivity contribution in [1.82, 2.24) is 0 Å². The van der Waals surface area contributed by atoms with E-state index in [1.54, 1.807) is 0 Å². The molecular formula is C65H39NS. The zero-order valence-electron chi connectivity index (χ0n) is 36.4. The highest BCUT2D eigenvalue weighted by Gasteiger charge is 2.51. The molecule has 13 aromatic rings. The number of rotatable bonds is 4. The lowest BCUT2D eigenvalue weighted by Gasteiger charge is -2.32. The van der Waals surface area contributed by atoms with Crippen molar-refractivity contribution in [2.45, 2.75) is 5.41 Å². The van der Waals surface area contributed by atoms with Crippen molar-refractivity contribution in [2.24, 2.45) is 0 Å². The molecule has 15 rings (SSSR count). The van der Waals surface area contributed by atoms with Crippen LogP contribution < -0.4 is 4.90 Å². The summed E-state index contributed by atoms with van der Waals surface area (Å²) in [6, 6.07) is 89.0. The van der Waals surface area contributed by atoms with Gasteiger partial charge >= 0.3 is 0 Å². The second-order valence-electron chi connectivity index (χ2n) is 18.3. The quantitative estimate of drug-likeness (QED) is 0.159. The highest BCUT2D eigenvalue weighted by molar-refractivity contribution is 7.25. The molecule has 0 saturated heterocycles. The van der Waals surface area contributed by atoms with Crippen molar-refractivity contribution >= 4 is 91.7 Å². The van der Waals surface area contributed by atoms with Crippen LogP contribution in [0.1, 0.15) is 22.3 Å². The van der Waals surface area contributed by atoms with Gasteiger partial charge in [-0.1, -0.05) is 182 Å². The van der Waals surface area contributed by atoms with Crippen LogP contribution in [0.5, 0.6) is 0 Å². The predicted octanol–water partition coefficient (Wildman–Crippen LogP) is 18.1. The third-order valence-electron chi connectivity index (χ3n) is 15.0. The summed E-state index contributed by atoms with van der Waals surface area (Å²) in [5.41, 5.74) is 15.9. The van der Waals surface area contributed by atoms with Gasteiger partial charge in [0.15, 0.2) is 0 Å². The van der Waals surface area contributed by atoms with Gasteiger partial charge in [0.05, 0.1) is 5.41 Å². The van der Waals surface area contributed by atoms with E-state index in [1.165, 1.54) is 119 Å². The molecule has 310 valence electrons. The zero-order valence-corrected chi connectivity index (χ0v) is 37.2. The van der Waals surface area contributed by atoms with Crippen molar-refractivity contribution in [3.63, 3.8) is 0 Å². The molecule has 67 heavy (non-hydrogen) atoms. The van der Waals surface area contributed by atoms with Gasteiger partial charge in [0, 0.05) is 37.2 Å². The Morgan fingerprint density at radius 1 is 0.269 bits per heavy atom. The van der Waals surface area contributed by atoms with Crippen molar-refractivity contribution in [1.29, 1.82) is 0 Å². The largest absolute Gasteiger partial charge is 0.310 e. The van der Waals surface area contributed by atoms with Crippen LogP contribution in [0.4, 0.5) is 17.1 Å². The van der Waals surface area contributed by atoms with Gasteiger partial charge in [0.2, 0.25) is 0 Å². The van der Waals surface area contributed by atoms with E-state index >= 15 is 0 Å². The molecule has 12 aromatic carbocycles. The van der Waals surface area contributed by atoms with Gasteiger partial charge in [-0.25, -0.2) is 0 Å². The molecule has 0 atom stereocenters. The van der Waals surface area contributed by atoms with Crippen molar-refractivity contribution < 1.29 is 0 Å². The highest BCUT2D eigenvalue weighted by Crippen LogP contribution is 2.63. The average Bonchev–Trinajstić information content (AvgIpc) is 4.01. The maximum atomic E-state index is 2.50. The van der Waals surface area contributed by atoms with E-state index in [2.05, 4.69) is 241 Å². The summed E-state index contributed by atoms with van der Waals surface area (Å²) in [7, 11) is 0. The molecule has 0 amide bonds. The Bertz CT molecular complexity index is 4130. The second-order valence-corrected chi connectivity index (χ2v) is 19.4. The normalized spacial score (nSPS) is 13.2. The van der Waals surface area contributed by atoms with E-state index in [0.29, 0.717) is 0 Å². The van der Waals surface area contributed by atoms with Gasteiger partial charge in [-0.2, -0.15) is 0 Å². The van der Waals surface area contributed by atoms with Crippen molar-refractivity contribution in [3.8, 4) is 33.4 Å². The lowest BCUT2D eigenvalue weighted by molar-refractivity contribution is 0.793. The van der Waals surface area contributed by atoms with Crippen LogP contribution >= 0.6 is 11.3 Å². The summed E-state index contributed by atoms with van der Waals surface area (Å²) in [4.78, 5) is 2.48. The number of thiophene rings is 1. The summed E-state index contributed by atoms with van der Waals surface area (Å²) >= 11 is 1.89. The third kappa shape index (κ3) is 5.14. The summed E-state index contributed by atoms with van der Waals surface area (Å²) in [5, 5.41) is 12.8. The fraction of sp³-hybridized carbons (Fsp3) is 0.0154. The van der Waals surface area contributed by atoms with Crippen LogP contribution in [0.2, 0.25) is 0 Å². The van der Waals surface area contributed by atoms with Crippen LogP contribution in [-0.2, 0) is 5.41 Å². The SMILES string of the molecule is c1ccc2c(c1)-c1ccccc1C21c2ccccc2-c2ccc(N(c3ccc(-c4ccc5c(c4)sc4cc6ccccc6cc45)cc3)c3ccc4c5ccccc5c5ccccc5c4c3)cc21. The Balaban J connectivity index is 0.936. The smallest absolute Gasteiger partial charge is 0.0726 e. The van der Waals surface area contributed by atoms with Gasteiger partial charge in [-0.15, -0.1) is 11.3 Å². The van der Waals surface area contributed by atoms with Gasteiger partial charge in [0.25, 0.3) is 0 Å². The van der Waals surface area contributed by atoms with E-state index in [1.807, 2.05) is 11.3 Å². The molecule has 2 heteroatoms. The Morgan fingerprint density at radius 2 is 0.716 bits per heavy atom. The molecule has 0 unspecified atom stereocenters. The van der Waals surface area contributed by atoms with Gasteiger partial charge in [-0.3, -0.25) is 0 Å². The van der Waals surface area contributed by atoms with E-state index in [9.17, 15) is 0 Å². The minimum Gasteiger partial charge on any atom is -0.310 e. The number of benzene rings is 12. The van der Waals surface area contributed by atoms with Crippen LogP contribution in [-0.4, -0.2) is 0 Å². The Kier molecular flexibility index (Phi) is 7.65. The predicted molar refractivity (Wildman–Crippen MR) is 286 cm³/mol. The summed E-state index contributed by atoms with van der Waals surface area (Å²) in [6.45, 7) is 0. The van der Waals surface area contributed by atoms with E-state index in [0.717, 1.165) is 17.1 Å². The second kappa shape index (κ2) is 13.9. The third-order valence-corrected chi connectivity index (χ3v) is 16.1. The first-order valence-corrected chi connectivity index (χ1v) is 24.0. The van der Waals surface area contributed by atoms with E-state index in [-0.39, 0.29) is 0 Å². The molecule has 1 spiro atoms. The average molecular weight is 866 g/mol. The minimum absolute atomic E-state index is 0.443. The lowest BCUT2D eigenvalue weighted by Crippen LogP contribution is -2.26. The first kappa shape index (κ1) is 37.0. The monoisotopic (exact) mass is 865 g/mol. The Hall–Kier alpha value is -8.30. The first-order chi connectivity index (χ1) is 33.2. The molecule has 0 N–H and O–H groups in total. The van der Waals surface area contributed by atoms with Gasteiger partial charge in [0.1, 0.15) is 0 Å². The van der Waals surface area contributed by atoms with Crippen LogP contribution in [0, 0.1) is 0 Å². The van der Waals surface area contributed by atoms with Gasteiger partial charge in [-0.05, 0) is 153 Å². The molecule has 1 nitrogen and oxygen atoms in total. The number of anilines is 3. The topological polar surface area (TPSA) is 3.24 Å². The molecule has 0 fully saturated rings. The molecule has 0 saturated carbocycles. The fourth-order valence-corrected chi connectivity index (χ4v) is 13.3. The maximum Gasteiger partial charge on any atom is 0.0726 e. The number of nitrogens with zero attached hydrogens (tertiary/aromatic N) is 1. The van der Waals surface area contributed by atoms with Crippen LogP contribution in [0.3, 0.4) is 0 Å². The number of hydrogen-bond donors (Lipinski definition) is 0. The summed E-state index contributed by atoms with van der Waals surface area (Å²) < 4.78 is 2.64. The molecule has 1 aromatic heterocycles. The Labute approximate surface area is 392 Å². The summed E-state index contributed by atoms with van der Waals surface area (Å²) in [5.74, 6) is 0. The first-order valence-electron chi connectivity index (χ1n) is 23.2. The van der Waals surface area contributed by atoms with Crippen LogP contribution in [0.15, 0.2) is 237 Å². The van der Waals surface area contributed by atoms with Crippen molar-refractivity contribution in [3.05, 3.63) is 259 Å². The lowest BCUT2D eigenvalue weighted by atomic mass is 9.70. The Morgan fingerprint density at radius 3 is 1.36 bits per heavy atom. The number of fused-ring (bicyclic) bond motifs is 20. The molecular weight excluding hydrogens is 827 g/mol. The standard InChI is InChI=1S/C65H39NS/c1-2-14-42-36-64-58(35-41(42)13-1)56-32-27-43(37-63(56)67-64)40-25-28-44(29-26-40)66(45-30-33-51-49-17-4-3-15-47(49)48-16-5-6-18-50(48)57(51)38-45)46-31-34-55-54-21-9-12-24-61(54)65(62(55)39-46)59-22-10-7-19-52(59)53-20-8-11-23-60(53)65/h1-39H. The molecule has 0 radical (unpaired) electrons. The molecule has 1 heterocycles. The highest BCUT2D eigenvalue weighted by atomic mass is 32.1. The number of hydrogen-bond acceptors (Lipinski definition) is 2. The molecule has 0 aliphatic heterocycles. The van der Waals surface area contributed by atoms with Crippen LogP contribution in [0.25, 0.3) is 96.6 Å². The van der Waals surface area contributed by atoms with E-state index < -0.39 is 5.41 Å². The molecule has 0 bridgehead atoms. The fourth-order valence-electron chi connectivity index (χ4n) is 12.1.